The minimum atomic E-state index is -0.0833. The molecule has 0 spiro atoms. The summed E-state index contributed by atoms with van der Waals surface area (Å²) < 4.78 is 0. The second kappa shape index (κ2) is 7.59. The zero-order valence-corrected chi connectivity index (χ0v) is 17.4. The lowest BCUT2D eigenvalue weighted by Crippen LogP contribution is -2.03. The Balaban J connectivity index is 2.01. The summed E-state index contributed by atoms with van der Waals surface area (Å²) in [5.41, 5.74) is 6.76. The minimum Gasteiger partial charge on any atom is -0.508 e. The molecule has 0 saturated heterocycles. The van der Waals surface area contributed by atoms with Crippen LogP contribution in [-0.2, 0) is 0 Å². The van der Waals surface area contributed by atoms with Crippen LogP contribution >= 0.6 is 0 Å². The summed E-state index contributed by atoms with van der Waals surface area (Å²) in [6.45, 7) is 8.20. The summed E-state index contributed by atoms with van der Waals surface area (Å²) in [6.07, 6.45) is 0. The summed E-state index contributed by atoms with van der Waals surface area (Å²) in [5, 5.41) is 20.1. The molecule has 0 bridgehead atoms. The third kappa shape index (κ3) is 3.50. The first-order valence-electron chi connectivity index (χ1n) is 9.76. The number of rotatable bonds is 3. The highest BCUT2D eigenvalue weighted by molar-refractivity contribution is 5.72. The van der Waals surface area contributed by atoms with E-state index in [0.717, 1.165) is 33.4 Å². The van der Waals surface area contributed by atoms with Crippen LogP contribution in [0.3, 0.4) is 0 Å². The largest absolute Gasteiger partial charge is 0.508 e. The smallest absolute Gasteiger partial charge is 0.167 e. The van der Waals surface area contributed by atoms with Crippen LogP contribution in [0.2, 0.25) is 0 Å². The Bertz CT molecular complexity index is 1200. The lowest BCUT2D eigenvalue weighted by Gasteiger charge is -2.13. The van der Waals surface area contributed by atoms with Crippen molar-refractivity contribution in [1.29, 1.82) is 0 Å². The highest BCUT2D eigenvalue weighted by atomic mass is 16.3. The van der Waals surface area contributed by atoms with E-state index in [4.69, 9.17) is 4.98 Å². The van der Waals surface area contributed by atoms with Crippen LogP contribution in [0.1, 0.15) is 22.3 Å². The molecule has 0 amide bonds. The Morgan fingerprint density at radius 2 is 1.03 bits per heavy atom. The van der Waals surface area contributed by atoms with E-state index in [1.165, 1.54) is 12.1 Å². The zero-order valence-electron chi connectivity index (χ0n) is 17.4. The summed E-state index contributed by atoms with van der Waals surface area (Å²) in [6, 6.07) is 16.5. The van der Waals surface area contributed by atoms with Crippen molar-refractivity contribution < 1.29 is 10.2 Å². The van der Waals surface area contributed by atoms with Gasteiger partial charge >= 0.3 is 0 Å². The van der Waals surface area contributed by atoms with Crippen molar-refractivity contribution in [2.45, 2.75) is 27.7 Å². The van der Waals surface area contributed by atoms with Crippen LogP contribution in [0, 0.1) is 27.7 Å². The Morgan fingerprint density at radius 3 is 1.50 bits per heavy atom. The average molecular weight is 397 g/mol. The van der Waals surface area contributed by atoms with Gasteiger partial charge in [0.15, 0.2) is 17.5 Å². The minimum absolute atomic E-state index is 0.0187. The van der Waals surface area contributed by atoms with Crippen LogP contribution in [0.25, 0.3) is 34.2 Å². The lowest BCUT2D eigenvalue weighted by atomic mass is 10.0. The number of aryl methyl sites for hydroxylation is 2. The molecule has 0 aliphatic heterocycles. The molecule has 0 fully saturated rings. The molecular formula is C25H23N3O2. The maximum absolute atomic E-state index is 10.4. The molecule has 2 N–H and O–H groups in total. The van der Waals surface area contributed by atoms with E-state index < -0.39 is 0 Å². The van der Waals surface area contributed by atoms with Gasteiger partial charge in [-0.05, 0) is 62.1 Å². The van der Waals surface area contributed by atoms with E-state index in [9.17, 15) is 10.2 Å². The normalized spacial score (nSPS) is 10.9. The van der Waals surface area contributed by atoms with Crippen LogP contribution in [0.5, 0.6) is 11.5 Å². The third-order valence-electron chi connectivity index (χ3n) is 5.55. The van der Waals surface area contributed by atoms with E-state index >= 15 is 0 Å². The Labute approximate surface area is 175 Å². The number of aromatic nitrogens is 3. The topological polar surface area (TPSA) is 79.1 Å². The quantitative estimate of drug-likeness (QED) is 0.476. The zero-order chi connectivity index (χ0) is 21.4. The Hall–Kier alpha value is -3.73. The third-order valence-corrected chi connectivity index (χ3v) is 5.55. The van der Waals surface area contributed by atoms with Crippen molar-refractivity contribution in [2.75, 3.05) is 0 Å². The van der Waals surface area contributed by atoms with Crippen molar-refractivity contribution in [3.05, 3.63) is 76.9 Å². The SMILES string of the molecule is Cc1cccc(-c2nc(-c3ccc(O)cc3O)nc(-c3cccc(C)c3C)n2)c1C. The first kappa shape index (κ1) is 19.6. The summed E-state index contributed by atoms with van der Waals surface area (Å²) in [5.74, 6) is 1.35. The summed E-state index contributed by atoms with van der Waals surface area (Å²) in [7, 11) is 0. The van der Waals surface area contributed by atoms with Crippen molar-refractivity contribution in [3.63, 3.8) is 0 Å². The van der Waals surface area contributed by atoms with E-state index in [2.05, 4.69) is 35.9 Å². The molecule has 0 radical (unpaired) electrons. The first-order valence-corrected chi connectivity index (χ1v) is 9.76. The van der Waals surface area contributed by atoms with Gasteiger partial charge in [-0.2, -0.15) is 0 Å². The molecule has 4 rings (SSSR count). The van der Waals surface area contributed by atoms with Crippen molar-refractivity contribution >= 4 is 0 Å². The fraction of sp³-hybridized carbons (Fsp3) is 0.160. The lowest BCUT2D eigenvalue weighted by molar-refractivity contribution is 0.451. The van der Waals surface area contributed by atoms with E-state index in [1.807, 2.05) is 38.1 Å². The number of hydrogen-bond acceptors (Lipinski definition) is 5. The molecule has 1 heterocycles. The maximum atomic E-state index is 10.4. The van der Waals surface area contributed by atoms with Gasteiger partial charge in [-0.1, -0.05) is 36.4 Å². The average Bonchev–Trinajstić information content (AvgIpc) is 2.71. The van der Waals surface area contributed by atoms with Gasteiger partial charge in [0.25, 0.3) is 0 Å². The second-order valence-corrected chi connectivity index (χ2v) is 7.50. The predicted molar refractivity (Wildman–Crippen MR) is 118 cm³/mol. The summed E-state index contributed by atoms with van der Waals surface area (Å²) >= 11 is 0. The molecule has 0 saturated carbocycles. The fourth-order valence-electron chi connectivity index (χ4n) is 3.43. The number of phenolic OH excluding ortho intramolecular Hbond substituents is 2. The molecule has 0 unspecified atom stereocenters. The van der Waals surface area contributed by atoms with Gasteiger partial charge in [-0.15, -0.1) is 0 Å². The molecule has 3 aromatic carbocycles. The molecule has 0 aliphatic carbocycles. The van der Waals surface area contributed by atoms with E-state index in [-0.39, 0.29) is 11.5 Å². The number of hydrogen-bond donors (Lipinski definition) is 2. The van der Waals surface area contributed by atoms with Crippen LogP contribution in [-0.4, -0.2) is 25.2 Å². The number of phenols is 2. The molecule has 150 valence electrons. The molecule has 5 heteroatoms. The van der Waals surface area contributed by atoms with Gasteiger partial charge in [0.2, 0.25) is 0 Å². The predicted octanol–water partition coefficient (Wildman–Crippen LogP) is 5.52. The summed E-state index contributed by atoms with van der Waals surface area (Å²) in [4.78, 5) is 14.2. The Morgan fingerprint density at radius 1 is 0.567 bits per heavy atom. The van der Waals surface area contributed by atoms with Crippen LogP contribution in [0.4, 0.5) is 0 Å². The van der Waals surface area contributed by atoms with Crippen LogP contribution in [0.15, 0.2) is 54.6 Å². The van der Waals surface area contributed by atoms with Gasteiger partial charge in [0.1, 0.15) is 11.5 Å². The fourth-order valence-corrected chi connectivity index (χ4v) is 3.43. The molecule has 5 nitrogen and oxygen atoms in total. The number of benzene rings is 3. The van der Waals surface area contributed by atoms with Gasteiger partial charge in [-0.3, -0.25) is 0 Å². The van der Waals surface area contributed by atoms with Gasteiger partial charge in [0.05, 0.1) is 5.56 Å². The highest BCUT2D eigenvalue weighted by Crippen LogP contribution is 2.33. The number of aromatic hydroxyl groups is 2. The molecule has 30 heavy (non-hydrogen) atoms. The van der Waals surface area contributed by atoms with Gasteiger partial charge in [0, 0.05) is 17.2 Å². The van der Waals surface area contributed by atoms with Crippen molar-refractivity contribution in [1.82, 2.24) is 15.0 Å². The molecule has 0 atom stereocenters. The van der Waals surface area contributed by atoms with E-state index in [1.54, 1.807) is 6.07 Å². The van der Waals surface area contributed by atoms with Gasteiger partial charge < -0.3 is 10.2 Å². The molecular weight excluding hydrogens is 374 g/mol. The second-order valence-electron chi connectivity index (χ2n) is 7.50. The van der Waals surface area contributed by atoms with Crippen molar-refractivity contribution in [2.24, 2.45) is 0 Å². The van der Waals surface area contributed by atoms with Crippen LogP contribution < -0.4 is 0 Å². The van der Waals surface area contributed by atoms with E-state index in [0.29, 0.717) is 23.0 Å². The first-order chi connectivity index (χ1) is 14.3. The standard InChI is InChI=1S/C25H23N3O2/c1-14-7-5-9-19(16(14)3)23-26-24(20-10-6-8-15(2)17(20)4)28-25(27-23)21-12-11-18(29)13-22(21)30/h5-13,29-30H,1-4H3. The Kier molecular flexibility index (Phi) is 4.96. The van der Waals surface area contributed by atoms with Gasteiger partial charge in [-0.25, -0.2) is 15.0 Å². The monoisotopic (exact) mass is 397 g/mol. The molecule has 0 aliphatic rings. The molecule has 1 aromatic heterocycles. The number of nitrogens with zero attached hydrogens (tertiary/aromatic N) is 3. The highest BCUT2D eigenvalue weighted by Gasteiger charge is 2.17. The van der Waals surface area contributed by atoms with Crippen molar-refractivity contribution in [3.8, 4) is 45.7 Å². The molecule has 4 aromatic rings. The maximum Gasteiger partial charge on any atom is 0.167 e.